The molecule has 3 rings (SSSR count). The average molecular weight is 311 g/mol. The lowest BCUT2D eigenvalue weighted by molar-refractivity contribution is -0.120. The smallest absolute Gasteiger partial charge is 0.264 e. The molecule has 0 radical (unpaired) electrons. The van der Waals surface area contributed by atoms with E-state index in [1.165, 1.54) is 5.56 Å². The first kappa shape index (κ1) is 15.6. The third-order valence-electron chi connectivity index (χ3n) is 4.11. The lowest BCUT2D eigenvalue weighted by Crippen LogP contribution is -2.33. The van der Waals surface area contributed by atoms with E-state index in [1.807, 2.05) is 30.3 Å². The number of para-hydroxylation sites is 1. The summed E-state index contributed by atoms with van der Waals surface area (Å²) in [5.74, 6) is 0.584. The van der Waals surface area contributed by atoms with Gasteiger partial charge in [-0.05, 0) is 49.6 Å². The maximum Gasteiger partial charge on any atom is 0.264 e. The van der Waals surface area contributed by atoms with E-state index in [1.54, 1.807) is 30.9 Å². The van der Waals surface area contributed by atoms with Crippen LogP contribution in [-0.4, -0.2) is 24.2 Å². The van der Waals surface area contributed by atoms with Gasteiger partial charge < -0.3 is 14.7 Å². The molecule has 120 valence electrons. The first-order valence-electron chi connectivity index (χ1n) is 7.79. The van der Waals surface area contributed by atoms with E-state index in [0.717, 1.165) is 17.7 Å². The Morgan fingerprint density at radius 1 is 1.17 bits per heavy atom. The van der Waals surface area contributed by atoms with Gasteiger partial charge in [-0.2, -0.15) is 0 Å². The first-order valence-corrected chi connectivity index (χ1v) is 7.79. The fourth-order valence-corrected chi connectivity index (χ4v) is 2.78. The van der Waals surface area contributed by atoms with Crippen LogP contribution in [0.25, 0.3) is 0 Å². The summed E-state index contributed by atoms with van der Waals surface area (Å²) in [5, 5.41) is 9.93. The van der Waals surface area contributed by atoms with Gasteiger partial charge in [0, 0.05) is 12.2 Å². The summed E-state index contributed by atoms with van der Waals surface area (Å²) in [5.41, 5.74) is 2.12. The molecule has 0 spiro atoms. The Bertz CT molecular complexity index is 701. The highest BCUT2D eigenvalue weighted by Crippen LogP contribution is 2.27. The van der Waals surface area contributed by atoms with Gasteiger partial charge in [-0.3, -0.25) is 4.79 Å². The molecular formula is C19H21NO3. The van der Waals surface area contributed by atoms with Crippen molar-refractivity contribution in [3.63, 3.8) is 0 Å². The second-order valence-electron chi connectivity index (χ2n) is 6.30. The topological polar surface area (TPSA) is 49.8 Å². The van der Waals surface area contributed by atoms with Crippen molar-refractivity contribution < 1.29 is 14.6 Å². The molecule has 0 atom stereocenters. The number of carbonyl (C=O) groups excluding carboxylic acids is 1. The Morgan fingerprint density at radius 2 is 1.87 bits per heavy atom. The number of hydrogen-bond acceptors (Lipinski definition) is 3. The predicted octanol–water partition coefficient (Wildman–Crippen LogP) is 2.88. The van der Waals surface area contributed by atoms with E-state index in [0.29, 0.717) is 12.3 Å². The van der Waals surface area contributed by atoms with Crippen molar-refractivity contribution in [3.8, 4) is 5.75 Å². The van der Waals surface area contributed by atoms with Gasteiger partial charge in [0.2, 0.25) is 0 Å². The molecule has 0 unspecified atom stereocenters. The monoisotopic (exact) mass is 311 g/mol. The highest BCUT2D eigenvalue weighted by Gasteiger charge is 2.24. The maximum absolute atomic E-state index is 12.4. The van der Waals surface area contributed by atoms with Crippen LogP contribution in [0.1, 0.15) is 25.0 Å². The number of anilines is 1. The van der Waals surface area contributed by atoms with Crippen LogP contribution in [0.4, 0.5) is 5.69 Å². The first-order chi connectivity index (χ1) is 10.9. The Labute approximate surface area is 136 Å². The van der Waals surface area contributed by atoms with Crippen LogP contribution in [0, 0.1) is 0 Å². The number of benzene rings is 2. The minimum absolute atomic E-state index is 0.0101. The number of amides is 1. The van der Waals surface area contributed by atoms with Crippen LogP contribution >= 0.6 is 0 Å². The maximum atomic E-state index is 12.4. The largest absolute Gasteiger partial charge is 0.484 e. The SMILES string of the molecule is CC(C)(O)c1ccc(OCC(=O)N2CCc3ccccc32)cc1. The third kappa shape index (κ3) is 3.37. The quantitative estimate of drug-likeness (QED) is 0.944. The van der Waals surface area contributed by atoms with E-state index in [2.05, 4.69) is 6.07 Å². The summed E-state index contributed by atoms with van der Waals surface area (Å²) in [6.45, 7) is 4.18. The predicted molar refractivity (Wildman–Crippen MR) is 89.7 cm³/mol. The lowest BCUT2D eigenvalue weighted by atomic mass is 9.99. The minimum Gasteiger partial charge on any atom is -0.484 e. The molecule has 1 aliphatic rings. The molecule has 0 fully saturated rings. The highest BCUT2D eigenvalue weighted by atomic mass is 16.5. The molecule has 1 heterocycles. The molecule has 0 saturated heterocycles. The van der Waals surface area contributed by atoms with Crippen molar-refractivity contribution in [2.45, 2.75) is 25.9 Å². The fourth-order valence-electron chi connectivity index (χ4n) is 2.78. The molecule has 4 heteroatoms. The number of hydrogen-bond donors (Lipinski definition) is 1. The Morgan fingerprint density at radius 3 is 2.57 bits per heavy atom. The molecule has 0 saturated carbocycles. The van der Waals surface area contributed by atoms with Crippen LogP contribution in [0.15, 0.2) is 48.5 Å². The fraction of sp³-hybridized carbons (Fsp3) is 0.316. The van der Waals surface area contributed by atoms with Gasteiger partial charge in [0.1, 0.15) is 5.75 Å². The Kier molecular flexibility index (Phi) is 4.09. The molecule has 0 aromatic heterocycles. The standard InChI is InChI=1S/C19H21NO3/c1-19(2,22)15-7-9-16(10-8-15)23-13-18(21)20-12-11-14-5-3-4-6-17(14)20/h3-10,22H,11-13H2,1-2H3. The Hall–Kier alpha value is -2.33. The summed E-state index contributed by atoms with van der Waals surface area (Å²) in [4.78, 5) is 14.1. The molecule has 2 aromatic rings. The molecule has 1 amide bonds. The van der Waals surface area contributed by atoms with Crippen molar-refractivity contribution >= 4 is 11.6 Å². The summed E-state index contributed by atoms with van der Waals surface area (Å²) in [6, 6.07) is 15.1. The third-order valence-corrected chi connectivity index (χ3v) is 4.11. The van der Waals surface area contributed by atoms with Gasteiger partial charge in [0.15, 0.2) is 6.61 Å². The van der Waals surface area contributed by atoms with Crippen LogP contribution in [0.2, 0.25) is 0 Å². The lowest BCUT2D eigenvalue weighted by Gasteiger charge is -2.19. The molecular weight excluding hydrogens is 290 g/mol. The second kappa shape index (κ2) is 6.05. The number of rotatable bonds is 4. The highest BCUT2D eigenvalue weighted by molar-refractivity contribution is 5.96. The van der Waals surface area contributed by atoms with Gasteiger partial charge in [0.25, 0.3) is 5.91 Å². The Balaban J connectivity index is 1.62. The molecule has 1 aliphatic heterocycles. The van der Waals surface area contributed by atoms with Crippen molar-refractivity contribution in [2.24, 2.45) is 0 Å². The van der Waals surface area contributed by atoms with Gasteiger partial charge in [-0.15, -0.1) is 0 Å². The number of nitrogens with zero attached hydrogens (tertiary/aromatic N) is 1. The number of fused-ring (bicyclic) bond motifs is 1. The van der Waals surface area contributed by atoms with E-state index in [4.69, 9.17) is 4.74 Å². The van der Waals surface area contributed by atoms with Crippen molar-refractivity contribution in [1.82, 2.24) is 0 Å². The zero-order chi connectivity index (χ0) is 16.4. The van der Waals surface area contributed by atoms with Crippen molar-refractivity contribution in [3.05, 3.63) is 59.7 Å². The second-order valence-corrected chi connectivity index (χ2v) is 6.30. The van der Waals surface area contributed by atoms with Crippen molar-refractivity contribution in [1.29, 1.82) is 0 Å². The van der Waals surface area contributed by atoms with E-state index in [-0.39, 0.29) is 12.5 Å². The van der Waals surface area contributed by atoms with Crippen LogP contribution in [0.3, 0.4) is 0 Å². The van der Waals surface area contributed by atoms with Crippen LogP contribution in [0.5, 0.6) is 5.75 Å². The average Bonchev–Trinajstić information content (AvgIpc) is 2.96. The summed E-state index contributed by atoms with van der Waals surface area (Å²) < 4.78 is 5.59. The molecule has 4 nitrogen and oxygen atoms in total. The van der Waals surface area contributed by atoms with Crippen LogP contribution < -0.4 is 9.64 Å². The summed E-state index contributed by atoms with van der Waals surface area (Å²) in [7, 11) is 0. The number of carbonyl (C=O) groups is 1. The molecule has 0 bridgehead atoms. The van der Waals surface area contributed by atoms with E-state index in [9.17, 15) is 9.90 Å². The minimum atomic E-state index is -0.881. The molecule has 0 aliphatic carbocycles. The van der Waals surface area contributed by atoms with Gasteiger partial charge in [-0.25, -0.2) is 0 Å². The number of aliphatic hydroxyl groups is 1. The zero-order valence-corrected chi connectivity index (χ0v) is 13.5. The number of ether oxygens (including phenoxy) is 1. The van der Waals surface area contributed by atoms with Gasteiger partial charge >= 0.3 is 0 Å². The van der Waals surface area contributed by atoms with E-state index >= 15 is 0 Å². The van der Waals surface area contributed by atoms with Gasteiger partial charge in [0.05, 0.1) is 5.60 Å². The van der Waals surface area contributed by atoms with E-state index < -0.39 is 5.60 Å². The normalized spacial score (nSPS) is 13.8. The molecule has 1 N–H and O–H groups in total. The van der Waals surface area contributed by atoms with Crippen molar-refractivity contribution in [2.75, 3.05) is 18.1 Å². The molecule has 2 aromatic carbocycles. The van der Waals surface area contributed by atoms with Gasteiger partial charge in [-0.1, -0.05) is 30.3 Å². The summed E-state index contributed by atoms with van der Waals surface area (Å²) >= 11 is 0. The zero-order valence-electron chi connectivity index (χ0n) is 13.5. The van der Waals surface area contributed by atoms with Crippen LogP contribution in [-0.2, 0) is 16.8 Å². The molecule has 23 heavy (non-hydrogen) atoms. The summed E-state index contributed by atoms with van der Waals surface area (Å²) in [6.07, 6.45) is 0.891.